The summed E-state index contributed by atoms with van der Waals surface area (Å²) >= 11 is 0. The van der Waals surface area contributed by atoms with Crippen molar-refractivity contribution in [3.63, 3.8) is 0 Å². The number of nitrogens with one attached hydrogen (secondary N) is 1. The molecule has 2 aliphatic rings. The lowest BCUT2D eigenvalue weighted by molar-refractivity contribution is -0.139. The molecule has 0 bridgehead atoms. The number of alkyl halides is 3. The average Bonchev–Trinajstić information content (AvgIpc) is 2.98. The Balaban J connectivity index is 1.97. The molecule has 0 amide bonds. The van der Waals surface area contributed by atoms with Gasteiger partial charge in [-0.05, 0) is 37.1 Å². The largest absolute Gasteiger partial charge is 0.417 e. The Hall–Kier alpha value is -1.12. The van der Waals surface area contributed by atoms with E-state index in [-0.39, 0.29) is 24.9 Å². The van der Waals surface area contributed by atoms with Crippen LogP contribution in [-0.2, 0) is 16.2 Å². The lowest BCUT2D eigenvalue weighted by Gasteiger charge is -2.20. The first-order valence-electron chi connectivity index (χ1n) is 6.67. The number of halogens is 3. The standard InChI is InChI=1S/C13H15F3N2O2S/c14-13(15,16)11-3-1-2-4-12(11)21(19,20)18-7-9-5-17-6-10(9)8-18/h1-4,9-10,17H,5-8H2/t9-,10+. The van der Waals surface area contributed by atoms with Crippen molar-refractivity contribution in [1.29, 1.82) is 0 Å². The van der Waals surface area contributed by atoms with E-state index < -0.39 is 26.7 Å². The maximum Gasteiger partial charge on any atom is 0.417 e. The third kappa shape index (κ3) is 2.56. The van der Waals surface area contributed by atoms with E-state index in [4.69, 9.17) is 0 Å². The van der Waals surface area contributed by atoms with Gasteiger partial charge >= 0.3 is 6.18 Å². The minimum absolute atomic E-state index is 0.192. The zero-order valence-electron chi connectivity index (χ0n) is 11.1. The summed E-state index contributed by atoms with van der Waals surface area (Å²) in [4.78, 5) is -0.648. The molecule has 2 atom stereocenters. The number of fused-ring (bicyclic) bond motifs is 1. The molecular formula is C13H15F3N2O2S. The molecule has 0 radical (unpaired) electrons. The van der Waals surface area contributed by atoms with Gasteiger partial charge in [-0.3, -0.25) is 0 Å². The second-order valence-corrected chi connectivity index (χ2v) is 7.40. The van der Waals surface area contributed by atoms with Crippen molar-refractivity contribution in [1.82, 2.24) is 9.62 Å². The van der Waals surface area contributed by atoms with E-state index in [2.05, 4.69) is 5.32 Å². The van der Waals surface area contributed by atoms with Crippen LogP contribution in [0.5, 0.6) is 0 Å². The normalized spacial score (nSPS) is 27.0. The Labute approximate surface area is 121 Å². The lowest BCUT2D eigenvalue weighted by Crippen LogP contribution is -2.33. The van der Waals surface area contributed by atoms with Crippen molar-refractivity contribution in [3.05, 3.63) is 29.8 Å². The topological polar surface area (TPSA) is 49.4 Å². The van der Waals surface area contributed by atoms with E-state index >= 15 is 0 Å². The molecule has 21 heavy (non-hydrogen) atoms. The van der Waals surface area contributed by atoms with E-state index in [1.807, 2.05) is 0 Å². The van der Waals surface area contributed by atoms with Crippen LogP contribution >= 0.6 is 0 Å². The van der Waals surface area contributed by atoms with Crippen LogP contribution in [0.3, 0.4) is 0 Å². The zero-order valence-corrected chi connectivity index (χ0v) is 11.9. The molecule has 0 spiro atoms. The molecule has 116 valence electrons. The molecule has 0 unspecified atom stereocenters. The molecule has 2 aliphatic heterocycles. The minimum Gasteiger partial charge on any atom is -0.316 e. The Morgan fingerprint density at radius 3 is 2.24 bits per heavy atom. The molecule has 2 fully saturated rings. The summed E-state index contributed by atoms with van der Waals surface area (Å²) in [6.07, 6.45) is -4.68. The van der Waals surface area contributed by atoms with Gasteiger partial charge < -0.3 is 5.32 Å². The van der Waals surface area contributed by atoms with Crippen molar-refractivity contribution in [2.45, 2.75) is 11.1 Å². The van der Waals surface area contributed by atoms with Crippen molar-refractivity contribution in [2.24, 2.45) is 11.8 Å². The van der Waals surface area contributed by atoms with Gasteiger partial charge in [0.15, 0.2) is 0 Å². The fraction of sp³-hybridized carbons (Fsp3) is 0.538. The number of rotatable bonds is 2. The van der Waals surface area contributed by atoms with Gasteiger partial charge in [0.25, 0.3) is 0 Å². The summed E-state index contributed by atoms with van der Waals surface area (Å²) < 4.78 is 65.3. The van der Waals surface area contributed by atoms with Crippen LogP contribution in [0.2, 0.25) is 0 Å². The Morgan fingerprint density at radius 2 is 1.67 bits per heavy atom. The second-order valence-electron chi connectivity index (χ2n) is 5.49. The van der Waals surface area contributed by atoms with Gasteiger partial charge in [0.05, 0.1) is 10.5 Å². The number of hydrogen-bond acceptors (Lipinski definition) is 3. The van der Waals surface area contributed by atoms with Gasteiger partial charge in [-0.1, -0.05) is 12.1 Å². The molecule has 1 N–H and O–H groups in total. The zero-order chi connectivity index (χ0) is 15.3. The number of nitrogens with zero attached hydrogens (tertiary/aromatic N) is 1. The number of sulfonamides is 1. The van der Waals surface area contributed by atoms with E-state index in [1.165, 1.54) is 16.4 Å². The van der Waals surface area contributed by atoms with Gasteiger partial charge in [-0.25, -0.2) is 8.42 Å². The molecule has 8 heteroatoms. The van der Waals surface area contributed by atoms with Gasteiger partial charge in [-0.2, -0.15) is 17.5 Å². The fourth-order valence-electron chi connectivity index (χ4n) is 3.07. The summed E-state index contributed by atoms with van der Waals surface area (Å²) in [5.74, 6) is 0.385. The smallest absolute Gasteiger partial charge is 0.316 e. The van der Waals surface area contributed by atoms with Crippen LogP contribution in [0.1, 0.15) is 5.56 Å². The maximum atomic E-state index is 13.0. The molecule has 4 nitrogen and oxygen atoms in total. The molecule has 0 aromatic heterocycles. The second kappa shape index (κ2) is 4.96. The highest BCUT2D eigenvalue weighted by Crippen LogP contribution is 2.37. The quantitative estimate of drug-likeness (QED) is 0.899. The van der Waals surface area contributed by atoms with E-state index in [0.717, 1.165) is 25.2 Å². The van der Waals surface area contributed by atoms with Crippen molar-refractivity contribution in [2.75, 3.05) is 26.2 Å². The first-order valence-corrected chi connectivity index (χ1v) is 8.11. The summed E-state index contributed by atoms with van der Waals surface area (Å²) in [7, 11) is -4.11. The minimum atomic E-state index is -4.68. The molecular weight excluding hydrogens is 305 g/mol. The van der Waals surface area contributed by atoms with Crippen molar-refractivity contribution >= 4 is 10.0 Å². The molecule has 1 aromatic rings. The van der Waals surface area contributed by atoms with Gasteiger partial charge in [-0.15, -0.1) is 0 Å². The van der Waals surface area contributed by atoms with Crippen molar-refractivity contribution < 1.29 is 21.6 Å². The predicted octanol–water partition coefficient (Wildman–Crippen LogP) is 1.55. The van der Waals surface area contributed by atoms with Crippen LogP contribution in [-0.4, -0.2) is 38.9 Å². The van der Waals surface area contributed by atoms with E-state index in [9.17, 15) is 21.6 Å². The number of benzene rings is 1. The van der Waals surface area contributed by atoms with Gasteiger partial charge in [0.1, 0.15) is 0 Å². The van der Waals surface area contributed by atoms with Gasteiger partial charge in [0.2, 0.25) is 10.0 Å². The SMILES string of the molecule is O=S(=O)(c1ccccc1C(F)(F)F)N1C[C@H]2CNC[C@H]2C1. The summed E-state index contributed by atoms with van der Waals surface area (Å²) in [6, 6.07) is 4.36. The summed E-state index contributed by atoms with van der Waals surface area (Å²) in [5, 5.41) is 3.17. The highest BCUT2D eigenvalue weighted by Gasteiger charge is 2.44. The molecule has 2 heterocycles. The van der Waals surface area contributed by atoms with E-state index in [0.29, 0.717) is 0 Å². The Bertz CT molecular complexity index is 633. The molecule has 2 saturated heterocycles. The Kier molecular flexibility index (Phi) is 3.50. The van der Waals surface area contributed by atoms with Crippen LogP contribution in [0.25, 0.3) is 0 Å². The van der Waals surface area contributed by atoms with Crippen LogP contribution in [0.15, 0.2) is 29.2 Å². The molecule has 1 aromatic carbocycles. The van der Waals surface area contributed by atoms with E-state index in [1.54, 1.807) is 0 Å². The summed E-state index contributed by atoms with van der Waals surface area (Å²) in [5.41, 5.74) is -1.10. The summed E-state index contributed by atoms with van der Waals surface area (Å²) in [6.45, 7) is 2.01. The molecule has 3 rings (SSSR count). The van der Waals surface area contributed by atoms with Gasteiger partial charge in [0, 0.05) is 13.1 Å². The monoisotopic (exact) mass is 320 g/mol. The first-order chi connectivity index (χ1) is 9.80. The molecule has 0 aliphatic carbocycles. The first kappa shape index (κ1) is 14.8. The number of hydrogen-bond donors (Lipinski definition) is 1. The highest BCUT2D eigenvalue weighted by molar-refractivity contribution is 7.89. The van der Waals surface area contributed by atoms with Crippen molar-refractivity contribution in [3.8, 4) is 0 Å². The van der Waals surface area contributed by atoms with Crippen LogP contribution in [0.4, 0.5) is 13.2 Å². The third-order valence-corrected chi connectivity index (χ3v) is 6.06. The highest BCUT2D eigenvalue weighted by atomic mass is 32.2. The maximum absolute atomic E-state index is 13.0. The molecule has 0 saturated carbocycles. The average molecular weight is 320 g/mol. The Morgan fingerprint density at radius 1 is 1.10 bits per heavy atom. The predicted molar refractivity (Wildman–Crippen MR) is 70.1 cm³/mol. The van der Waals surface area contributed by atoms with Crippen LogP contribution < -0.4 is 5.32 Å². The lowest BCUT2D eigenvalue weighted by atomic mass is 10.0. The fourth-order valence-corrected chi connectivity index (χ4v) is 4.84. The third-order valence-electron chi connectivity index (χ3n) is 4.17. The van der Waals surface area contributed by atoms with Crippen LogP contribution in [0, 0.1) is 11.8 Å².